The van der Waals surface area contributed by atoms with E-state index < -0.39 is 17.4 Å². The molecule has 0 radical (unpaired) electrons. The molecule has 0 amide bonds. The molecule has 92 valence electrons. The van der Waals surface area contributed by atoms with Gasteiger partial charge in [0, 0.05) is 10.0 Å². The molecule has 0 saturated heterocycles. The van der Waals surface area contributed by atoms with Crippen molar-refractivity contribution in [2.75, 3.05) is 5.73 Å². The molecule has 0 heterocycles. The number of anilines is 1. The Kier molecular flexibility index (Phi) is 3.43. The summed E-state index contributed by atoms with van der Waals surface area (Å²) in [5.41, 5.74) is 4.81. The van der Waals surface area contributed by atoms with E-state index in [1.807, 2.05) is 0 Å². The van der Waals surface area contributed by atoms with Gasteiger partial charge < -0.3 is 5.73 Å². The normalized spacial score (nSPS) is 10.4. The highest BCUT2D eigenvalue weighted by atomic mass is 79.9. The molecule has 2 aromatic carbocycles. The number of rotatable bonds is 2. The lowest BCUT2D eigenvalue weighted by molar-refractivity contribution is 0.103. The average molecular weight is 312 g/mol. The second kappa shape index (κ2) is 4.86. The van der Waals surface area contributed by atoms with E-state index in [1.54, 1.807) is 12.1 Å². The molecule has 2 nitrogen and oxygen atoms in total. The molecule has 2 rings (SSSR count). The summed E-state index contributed by atoms with van der Waals surface area (Å²) in [6, 6.07) is 8.02. The fourth-order valence-corrected chi connectivity index (χ4v) is 1.80. The minimum Gasteiger partial charge on any atom is -0.396 e. The fourth-order valence-electron chi connectivity index (χ4n) is 1.53. The summed E-state index contributed by atoms with van der Waals surface area (Å²) in [6.07, 6.45) is 0. The molecule has 0 bridgehead atoms. The van der Waals surface area contributed by atoms with Gasteiger partial charge in [-0.25, -0.2) is 8.78 Å². The van der Waals surface area contributed by atoms with Gasteiger partial charge in [0.2, 0.25) is 0 Å². The third-order valence-corrected chi connectivity index (χ3v) is 2.95. The van der Waals surface area contributed by atoms with Gasteiger partial charge in [0.15, 0.2) is 11.6 Å². The van der Waals surface area contributed by atoms with E-state index in [0.29, 0.717) is 0 Å². The maximum absolute atomic E-state index is 13.7. The van der Waals surface area contributed by atoms with E-state index in [1.165, 1.54) is 12.1 Å². The molecule has 0 unspecified atom stereocenters. The number of nitrogens with two attached hydrogens (primary N) is 1. The van der Waals surface area contributed by atoms with Crippen molar-refractivity contribution in [3.05, 3.63) is 63.6 Å². The summed E-state index contributed by atoms with van der Waals surface area (Å²) in [4.78, 5) is 12.0. The van der Waals surface area contributed by atoms with Crippen LogP contribution in [-0.2, 0) is 0 Å². The SMILES string of the molecule is Nc1cc(F)cc(C(=O)c2ccc(Br)cc2)c1F. The first-order valence-corrected chi connectivity index (χ1v) is 5.83. The minimum absolute atomic E-state index is 0.266. The van der Waals surface area contributed by atoms with Crippen molar-refractivity contribution >= 4 is 27.4 Å². The van der Waals surface area contributed by atoms with Gasteiger partial charge in [0.25, 0.3) is 0 Å². The first-order valence-electron chi connectivity index (χ1n) is 5.04. The molecule has 0 atom stereocenters. The second-order valence-electron chi connectivity index (χ2n) is 3.69. The van der Waals surface area contributed by atoms with Crippen LogP contribution < -0.4 is 5.73 Å². The molecule has 0 aliphatic heterocycles. The predicted molar refractivity (Wildman–Crippen MR) is 68.3 cm³/mol. The summed E-state index contributed by atoms with van der Waals surface area (Å²) >= 11 is 3.22. The van der Waals surface area contributed by atoms with E-state index in [-0.39, 0.29) is 16.8 Å². The molecular formula is C13H8BrF2NO. The van der Waals surface area contributed by atoms with Crippen LogP contribution in [0.4, 0.5) is 14.5 Å². The van der Waals surface area contributed by atoms with E-state index in [4.69, 9.17) is 5.73 Å². The maximum Gasteiger partial charge on any atom is 0.196 e. The van der Waals surface area contributed by atoms with Crippen molar-refractivity contribution < 1.29 is 13.6 Å². The number of halogens is 3. The van der Waals surface area contributed by atoms with E-state index in [0.717, 1.165) is 16.6 Å². The number of ketones is 1. The Morgan fingerprint density at radius 1 is 1.11 bits per heavy atom. The lowest BCUT2D eigenvalue weighted by Crippen LogP contribution is -2.07. The van der Waals surface area contributed by atoms with Crippen LogP contribution >= 0.6 is 15.9 Å². The topological polar surface area (TPSA) is 43.1 Å². The molecule has 0 saturated carbocycles. The summed E-state index contributed by atoms with van der Waals surface area (Å²) in [5, 5.41) is 0. The first kappa shape index (κ1) is 12.7. The van der Waals surface area contributed by atoms with Crippen LogP contribution in [-0.4, -0.2) is 5.78 Å². The quantitative estimate of drug-likeness (QED) is 0.681. The highest BCUT2D eigenvalue weighted by molar-refractivity contribution is 9.10. The van der Waals surface area contributed by atoms with E-state index in [2.05, 4.69) is 15.9 Å². The first-order chi connectivity index (χ1) is 8.49. The maximum atomic E-state index is 13.7. The predicted octanol–water partition coefficient (Wildman–Crippen LogP) is 3.54. The van der Waals surface area contributed by atoms with Gasteiger partial charge in [-0.3, -0.25) is 4.79 Å². The Bertz CT molecular complexity index is 611. The molecule has 2 N–H and O–H groups in total. The second-order valence-corrected chi connectivity index (χ2v) is 4.61. The van der Waals surface area contributed by atoms with Crippen LogP contribution in [0.5, 0.6) is 0 Å². The van der Waals surface area contributed by atoms with Crippen LogP contribution in [0.3, 0.4) is 0 Å². The van der Waals surface area contributed by atoms with Crippen LogP contribution in [0.15, 0.2) is 40.9 Å². The Labute approximate surface area is 111 Å². The number of carbonyl (C=O) groups excluding carboxylic acids is 1. The molecule has 18 heavy (non-hydrogen) atoms. The van der Waals surface area contributed by atoms with Gasteiger partial charge in [-0.1, -0.05) is 15.9 Å². The summed E-state index contributed by atoms with van der Waals surface area (Å²) in [7, 11) is 0. The van der Waals surface area contributed by atoms with Gasteiger partial charge in [0.1, 0.15) is 5.82 Å². The van der Waals surface area contributed by atoms with Gasteiger partial charge in [-0.05, 0) is 36.4 Å². The summed E-state index contributed by atoms with van der Waals surface area (Å²) < 4.78 is 27.6. The third-order valence-electron chi connectivity index (χ3n) is 2.42. The van der Waals surface area contributed by atoms with Crippen molar-refractivity contribution in [2.45, 2.75) is 0 Å². The number of carbonyl (C=O) groups is 1. The van der Waals surface area contributed by atoms with Crippen molar-refractivity contribution in [2.24, 2.45) is 0 Å². The Hall–Kier alpha value is -1.75. The smallest absolute Gasteiger partial charge is 0.196 e. The molecular weight excluding hydrogens is 304 g/mol. The fraction of sp³-hybridized carbons (Fsp3) is 0. The molecule has 2 aromatic rings. The van der Waals surface area contributed by atoms with Crippen molar-refractivity contribution in [3.63, 3.8) is 0 Å². The molecule has 0 aliphatic carbocycles. The third kappa shape index (κ3) is 2.41. The molecule has 0 aromatic heterocycles. The molecule has 0 spiro atoms. The highest BCUT2D eigenvalue weighted by Gasteiger charge is 2.17. The molecule has 0 fully saturated rings. The summed E-state index contributed by atoms with van der Waals surface area (Å²) in [6.45, 7) is 0. The average Bonchev–Trinajstić information content (AvgIpc) is 2.34. The number of benzene rings is 2. The number of hydrogen-bond acceptors (Lipinski definition) is 2. The van der Waals surface area contributed by atoms with Crippen LogP contribution in [0.1, 0.15) is 15.9 Å². The van der Waals surface area contributed by atoms with Crippen LogP contribution in [0.2, 0.25) is 0 Å². The van der Waals surface area contributed by atoms with Crippen molar-refractivity contribution in [3.8, 4) is 0 Å². The number of hydrogen-bond donors (Lipinski definition) is 1. The van der Waals surface area contributed by atoms with Crippen molar-refractivity contribution in [1.29, 1.82) is 0 Å². The zero-order chi connectivity index (χ0) is 13.3. The van der Waals surface area contributed by atoms with Gasteiger partial charge in [-0.2, -0.15) is 0 Å². The number of nitrogen functional groups attached to an aromatic ring is 1. The van der Waals surface area contributed by atoms with Gasteiger partial charge >= 0.3 is 0 Å². The standard InChI is InChI=1S/C13H8BrF2NO/c14-8-3-1-7(2-4-8)13(18)10-5-9(15)6-11(17)12(10)16/h1-6H,17H2. The zero-order valence-corrected chi connectivity index (χ0v) is 10.7. The highest BCUT2D eigenvalue weighted by Crippen LogP contribution is 2.21. The van der Waals surface area contributed by atoms with E-state index in [9.17, 15) is 13.6 Å². The largest absolute Gasteiger partial charge is 0.396 e. The zero-order valence-electron chi connectivity index (χ0n) is 9.08. The Morgan fingerprint density at radius 2 is 1.72 bits per heavy atom. The van der Waals surface area contributed by atoms with Crippen molar-refractivity contribution in [1.82, 2.24) is 0 Å². The van der Waals surface area contributed by atoms with Crippen LogP contribution in [0.25, 0.3) is 0 Å². The molecule has 5 heteroatoms. The van der Waals surface area contributed by atoms with E-state index >= 15 is 0 Å². The molecule has 0 aliphatic rings. The van der Waals surface area contributed by atoms with Gasteiger partial charge in [-0.15, -0.1) is 0 Å². The van der Waals surface area contributed by atoms with Gasteiger partial charge in [0.05, 0.1) is 11.3 Å². The minimum atomic E-state index is -0.899. The van der Waals surface area contributed by atoms with Crippen LogP contribution in [0, 0.1) is 11.6 Å². The lowest BCUT2D eigenvalue weighted by Gasteiger charge is -2.05. The Balaban J connectivity index is 2.49. The Morgan fingerprint density at radius 3 is 2.33 bits per heavy atom. The monoisotopic (exact) mass is 311 g/mol. The summed E-state index contributed by atoms with van der Waals surface area (Å²) in [5.74, 6) is -2.25. The lowest BCUT2D eigenvalue weighted by atomic mass is 10.0.